The molecule has 0 bridgehead atoms. The monoisotopic (exact) mass is 366 g/mol. The van der Waals surface area contributed by atoms with E-state index in [0.717, 1.165) is 12.1 Å². The smallest absolute Gasteiger partial charge is 0.256 e. The number of sulfonamides is 1. The first-order chi connectivity index (χ1) is 11.9. The molecule has 0 aromatic heterocycles. The molecule has 0 spiro atoms. The number of hydrogen-bond acceptors (Lipinski definition) is 3. The Bertz CT molecular complexity index is 880. The first kappa shape index (κ1) is 17.5. The molecule has 1 aliphatic rings. The topological polar surface area (TPSA) is 57.7 Å². The highest BCUT2D eigenvalue weighted by Gasteiger charge is 2.31. The van der Waals surface area contributed by atoms with Crippen LogP contribution in [-0.2, 0) is 10.0 Å². The van der Waals surface area contributed by atoms with E-state index >= 15 is 0 Å². The van der Waals surface area contributed by atoms with Crippen LogP contribution >= 0.6 is 0 Å². The molecule has 25 heavy (non-hydrogen) atoms. The fourth-order valence-corrected chi connectivity index (χ4v) is 4.15. The van der Waals surface area contributed by atoms with Gasteiger partial charge in [0.05, 0.1) is 10.5 Å². The van der Waals surface area contributed by atoms with Crippen LogP contribution in [0.25, 0.3) is 0 Å². The lowest BCUT2D eigenvalue weighted by Gasteiger charge is -2.34. The number of hydrogen-bond donors (Lipinski definition) is 0. The molecule has 1 aliphatic heterocycles. The molecule has 1 amide bonds. The van der Waals surface area contributed by atoms with E-state index in [4.69, 9.17) is 0 Å². The van der Waals surface area contributed by atoms with Crippen molar-refractivity contribution in [3.8, 4) is 0 Å². The Hall–Kier alpha value is -2.32. The molecule has 0 N–H and O–H groups in total. The van der Waals surface area contributed by atoms with Gasteiger partial charge in [0.2, 0.25) is 10.0 Å². The largest absolute Gasteiger partial charge is 0.336 e. The van der Waals surface area contributed by atoms with Crippen molar-refractivity contribution in [2.24, 2.45) is 0 Å². The van der Waals surface area contributed by atoms with Crippen molar-refractivity contribution in [1.29, 1.82) is 0 Å². The summed E-state index contributed by atoms with van der Waals surface area (Å²) in [6, 6.07) is 10.8. The van der Waals surface area contributed by atoms with Crippen LogP contribution in [0.4, 0.5) is 8.78 Å². The maximum atomic E-state index is 13.7. The van der Waals surface area contributed by atoms with Crippen LogP contribution in [0.1, 0.15) is 10.4 Å². The van der Waals surface area contributed by atoms with Crippen LogP contribution in [0.2, 0.25) is 0 Å². The van der Waals surface area contributed by atoms with Crippen molar-refractivity contribution in [1.82, 2.24) is 9.21 Å². The predicted molar refractivity (Wildman–Crippen MR) is 87.5 cm³/mol. The van der Waals surface area contributed by atoms with Gasteiger partial charge < -0.3 is 4.90 Å². The molecule has 1 heterocycles. The van der Waals surface area contributed by atoms with Crippen LogP contribution in [0.15, 0.2) is 53.4 Å². The number of carbonyl (C=O) groups excluding carboxylic acids is 1. The number of carbonyl (C=O) groups is 1. The van der Waals surface area contributed by atoms with E-state index in [1.807, 2.05) is 0 Å². The van der Waals surface area contributed by atoms with E-state index in [9.17, 15) is 22.0 Å². The van der Waals surface area contributed by atoms with Gasteiger partial charge in [-0.05, 0) is 24.3 Å². The maximum absolute atomic E-state index is 13.7. The van der Waals surface area contributed by atoms with Gasteiger partial charge in [-0.3, -0.25) is 4.79 Å². The van der Waals surface area contributed by atoms with Gasteiger partial charge in [0.1, 0.15) is 11.6 Å². The molecular formula is C17H16F2N2O3S. The van der Waals surface area contributed by atoms with Crippen molar-refractivity contribution < 1.29 is 22.0 Å². The number of piperazine rings is 1. The van der Waals surface area contributed by atoms with Crippen molar-refractivity contribution in [2.75, 3.05) is 26.2 Å². The Kier molecular flexibility index (Phi) is 4.82. The van der Waals surface area contributed by atoms with Gasteiger partial charge in [0.15, 0.2) is 0 Å². The summed E-state index contributed by atoms with van der Waals surface area (Å²) in [6.07, 6.45) is 0. The average molecular weight is 366 g/mol. The third-order valence-corrected chi connectivity index (χ3v) is 5.98. The molecule has 0 atom stereocenters. The Labute approximate surface area is 144 Å². The molecule has 0 aliphatic carbocycles. The van der Waals surface area contributed by atoms with Crippen molar-refractivity contribution in [3.05, 3.63) is 65.7 Å². The van der Waals surface area contributed by atoms with E-state index in [0.29, 0.717) is 6.07 Å². The van der Waals surface area contributed by atoms with E-state index in [-0.39, 0.29) is 36.6 Å². The van der Waals surface area contributed by atoms with Crippen molar-refractivity contribution >= 4 is 15.9 Å². The second kappa shape index (κ2) is 6.89. The Morgan fingerprint density at radius 2 is 1.56 bits per heavy atom. The summed E-state index contributed by atoms with van der Waals surface area (Å²) in [7, 11) is -3.62. The van der Waals surface area contributed by atoms with Crippen LogP contribution in [-0.4, -0.2) is 49.7 Å². The van der Waals surface area contributed by atoms with Crippen LogP contribution < -0.4 is 0 Å². The molecule has 0 radical (unpaired) electrons. The molecule has 5 nitrogen and oxygen atoms in total. The lowest BCUT2D eigenvalue weighted by atomic mass is 10.1. The number of amides is 1. The van der Waals surface area contributed by atoms with E-state index in [1.165, 1.54) is 21.3 Å². The number of rotatable bonds is 3. The molecular weight excluding hydrogens is 350 g/mol. The zero-order chi connectivity index (χ0) is 18.0. The summed E-state index contributed by atoms with van der Waals surface area (Å²) in [5.41, 5.74) is -0.222. The third kappa shape index (κ3) is 3.54. The van der Waals surface area contributed by atoms with Gasteiger partial charge in [-0.15, -0.1) is 0 Å². The summed E-state index contributed by atoms with van der Waals surface area (Å²) in [6.45, 7) is 0.515. The quantitative estimate of drug-likeness (QED) is 0.836. The SMILES string of the molecule is O=C(c1ccc(F)cc1F)N1CCN(S(=O)(=O)c2ccccc2)CC1. The first-order valence-electron chi connectivity index (χ1n) is 7.69. The lowest BCUT2D eigenvalue weighted by Crippen LogP contribution is -2.50. The minimum atomic E-state index is -3.62. The predicted octanol–water partition coefficient (Wildman–Crippen LogP) is 2.11. The highest BCUT2D eigenvalue weighted by atomic mass is 32.2. The highest BCUT2D eigenvalue weighted by Crippen LogP contribution is 2.19. The third-order valence-electron chi connectivity index (χ3n) is 4.07. The van der Waals surface area contributed by atoms with Gasteiger partial charge in [0, 0.05) is 32.2 Å². The zero-order valence-corrected chi connectivity index (χ0v) is 14.0. The first-order valence-corrected chi connectivity index (χ1v) is 9.13. The molecule has 2 aromatic carbocycles. The molecule has 0 saturated carbocycles. The fraction of sp³-hybridized carbons (Fsp3) is 0.235. The lowest BCUT2D eigenvalue weighted by molar-refractivity contribution is 0.0693. The van der Waals surface area contributed by atoms with Crippen molar-refractivity contribution in [3.63, 3.8) is 0 Å². The number of benzene rings is 2. The average Bonchev–Trinajstić information content (AvgIpc) is 2.62. The van der Waals surface area contributed by atoms with Gasteiger partial charge in [-0.1, -0.05) is 18.2 Å². The molecule has 8 heteroatoms. The van der Waals surface area contributed by atoms with Crippen LogP contribution in [0.3, 0.4) is 0 Å². The van der Waals surface area contributed by atoms with Gasteiger partial charge in [-0.25, -0.2) is 17.2 Å². The van der Waals surface area contributed by atoms with E-state index in [1.54, 1.807) is 18.2 Å². The second-order valence-electron chi connectivity index (χ2n) is 5.63. The number of nitrogens with zero attached hydrogens (tertiary/aromatic N) is 2. The van der Waals surface area contributed by atoms with Crippen LogP contribution in [0, 0.1) is 11.6 Å². The number of halogens is 2. The summed E-state index contributed by atoms with van der Waals surface area (Å²) in [5, 5.41) is 0. The standard InChI is InChI=1S/C17H16F2N2O3S/c18-13-6-7-15(16(19)12-13)17(22)20-8-10-21(11-9-20)25(23,24)14-4-2-1-3-5-14/h1-7,12H,8-11H2. The normalized spacial score (nSPS) is 16.0. The molecule has 1 saturated heterocycles. The summed E-state index contributed by atoms with van der Waals surface area (Å²) >= 11 is 0. The zero-order valence-electron chi connectivity index (χ0n) is 13.2. The Balaban J connectivity index is 1.70. The fourth-order valence-electron chi connectivity index (χ4n) is 2.71. The van der Waals surface area contributed by atoms with Gasteiger partial charge in [0.25, 0.3) is 5.91 Å². The van der Waals surface area contributed by atoms with Gasteiger partial charge in [-0.2, -0.15) is 4.31 Å². The van der Waals surface area contributed by atoms with Crippen LogP contribution in [0.5, 0.6) is 0 Å². The molecule has 0 unspecified atom stereocenters. The van der Waals surface area contributed by atoms with Gasteiger partial charge >= 0.3 is 0 Å². The Morgan fingerprint density at radius 3 is 2.16 bits per heavy atom. The summed E-state index contributed by atoms with van der Waals surface area (Å²) in [5.74, 6) is -2.26. The summed E-state index contributed by atoms with van der Waals surface area (Å²) in [4.78, 5) is 13.9. The highest BCUT2D eigenvalue weighted by molar-refractivity contribution is 7.89. The maximum Gasteiger partial charge on any atom is 0.256 e. The summed E-state index contributed by atoms with van der Waals surface area (Å²) < 4.78 is 53.1. The Morgan fingerprint density at radius 1 is 0.920 bits per heavy atom. The molecule has 132 valence electrons. The molecule has 2 aromatic rings. The second-order valence-corrected chi connectivity index (χ2v) is 7.57. The minimum absolute atomic E-state index is 0.117. The van der Waals surface area contributed by atoms with E-state index in [2.05, 4.69) is 0 Å². The van der Waals surface area contributed by atoms with Crippen molar-refractivity contribution in [2.45, 2.75) is 4.90 Å². The molecule has 1 fully saturated rings. The minimum Gasteiger partial charge on any atom is -0.336 e. The van der Waals surface area contributed by atoms with E-state index < -0.39 is 27.6 Å². The molecule has 3 rings (SSSR count).